The molecule has 0 aliphatic heterocycles. The Kier molecular flexibility index (Phi) is 5.63. The van der Waals surface area contributed by atoms with Crippen LogP contribution in [0.15, 0.2) is 53.1 Å². The van der Waals surface area contributed by atoms with Crippen LogP contribution < -0.4 is 5.32 Å². The van der Waals surface area contributed by atoms with Crippen LogP contribution in [0.4, 0.5) is 14.5 Å². The Morgan fingerprint density at radius 1 is 1.06 bits per heavy atom. The molecule has 0 aliphatic rings. The van der Waals surface area contributed by atoms with E-state index in [9.17, 15) is 18.4 Å². The molecular formula is C23H17F2N3O4. The van der Waals surface area contributed by atoms with E-state index in [1.54, 1.807) is 6.92 Å². The number of nitrogens with zero attached hydrogens (tertiary/aromatic N) is 2. The predicted molar refractivity (Wildman–Crippen MR) is 112 cm³/mol. The third-order valence-electron chi connectivity index (χ3n) is 4.72. The summed E-state index contributed by atoms with van der Waals surface area (Å²) in [4.78, 5) is 29.3. The molecule has 0 unspecified atom stereocenters. The molecule has 0 atom stereocenters. The molecule has 0 saturated carbocycles. The Labute approximate surface area is 181 Å². The zero-order valence-electron chi connectivity index (χ0n) is 17.1. The van der Waals surface area contributed by atoms with Gasteiger partial charge in [-0.15, -0.1) is 0 Å². The molecule has 0 aliphatic carbocycles. The van der Waals surface area contributed by atoms with E-state index >= 15 is 0 Å². The first-order chi connectivity index (χ1) is 15.3. The average molecular weight is 437 g/mol. The minimum atomic E-state index is -0.825. The fraction of sp³-hybridized carbons (Fsp3) is 0.130. The van der Waals surface area contributed by atoms with Gasteiger partial charge in [-0.05, 0) is 32.0 Å². The molecule has 162 valence electrons. The summed E-state index contributed by atoms with van der Waals surface area (Å²) >= 11 is 0. The Morgan fingerprint density at radius 2 is 1.81 bits per heavy atom. The van der Waals surface area contributed by atoms with Gasteiger partial charge >= 0.3 is 5.97 Å². The van der Waals surface area contributed by atoms with Crippen molar-refractivity contribution in [1.82, 2.24) is 10.1 Å². The quantitative estimate of drug-likeness (QED) is 0.460. The Bertz CT molecular complexity index is 1330. The van der Waals surface area contributed by atoms with Crippen LogP contribution in [0.25, 0.3) is 22.4 Å². The number of aryl methyl sites for hydroxylation is 2. The number of ether oxygens (including phenoxy) is 1. The molecule has 1 N–H and O–H groups in total. The smallest absolute Gasteiger partial charge is 0.339 e. The molecule has 1 amide bonds. The number of nitrogens with one attached hydrogen (secondary N) is 1. The first kappa shape index (κ1) is 21.1. The number of carbonyl (C=O) groups is 2. The number of benzene rings is 2. The summed E-state index contributed by atoms with van der Waals surface area (Å²) in [5.41, 5.74) is 2.63. The van der Waals surface area contributed by atoms with Gasteiger partial charge in [-0.3, -0.25) is 4.79 Å². The minimum Gasteiger partial charge on any atom is -0.452 e. The van der Waals surface area contributed by atoms with Crippen LogP contribution in [0.3, 0.4) is 0 Å². The zero-order valence-corrected chi connectivity index (χ0v) is 17.1. The van der Waals surface area contributed by atoms with Crippen molar-refractivity contribution in [3.63, 3.8) is 0 Å². The highest BCUT2D eigenvalue weighted by molar-refractivity contribution is 6.05. The highest BCUT2D eigenvalue weighted by Gasteiger charge is 2.21. The molecular weight excluding hydrogens is 420 g/mol. The van der Waals surface area contributed by atoms with Crippen molar-refractivity contribution in [3.05, 3.63) is 77.0 Å². The van der Waals surface area contributed by atoms with Gasteiger partial charge in [-0.25, -0.2) is 18.6 Å². The highest BCUT2D eigenvalue weighted by Crippen LogP contribution is 2.28. The second-order valence-corrected chi connectivity index (χ2v) is 7.12. The van der Waals surface area contributed by atoms with Gasteiger partial charge in [-0.1, -0.05) is 35.0 Å². The molecule has 0 bridgehead atoms. The molecule has 4 aromatic rings. The first-order valence-corrected chi connectivity index (χ1v) is 9.58. The number of esters is 1. The zero-order chi connectivity index (χ0) is 22.8. The van der Waals surface area contributed by atoms with E-state index in [1.807, 2.05) is 31.2 Å². The third-order valence-corrected chi connectivity index (χ3v) is 4.72. The largest absolute Gasteiger partial charge is 0.452 e. The van der Waals surface area contributed by atoms with Gasteiger partial charge in [0.25, 0.3) is 11.6 Å². The molecule has 0 fully saturated rings. The molecule has 2 aromatic heterocycles. The Balaban J connectivity index is 1.57. The second kappa shape index (κ2) is 8.54. The van der Waals surface area contributed by atoms with Crippen molar-refractivity contribution in [2.75, 3.05) is 11.9 Å². The average Bonchev–Trinajstić information content (AvgIpc) is 3.15. The van der Waals surface area contributed by atoms with Gasteiger partial charge in [0.2, 0.25) is 0 Å². The lowest BCUT2D eigenvalue weighted by molar-refractivity contribution is -0.119. The van der Waals surface area contributed by atoms with E-state index < -0.39 is 30.1 Å². The Hall–Kier alpha value is -4.14. The molecule has 0 spiro atoms. The van der Waals surface area contributed by atoms with E-state index in [4.69, 9.17) is 9.26 Å². The maximum Gasteiger partial charge on any atom is 0.339 e. The summed E-state index contributed by atoms with van der Waals surface area (Å²) in [6, 6.07) is 11.7. The van der Waals surface area contributed by atoms with Crippen LogP contribution in [0.1, 0.15) is 21.6 Å². The summed E-state index contributed by atoms with van der Waals surface area (Å²) in [6.07, 6.45) is 0. The van der Waals surface area contributed by atoms with Gasteiger partial charge in [-0.2, -0.15) is 0 Å². The van der Waals surface area contributed by atoms with E-state index in [1.165, 1.54) is 6.07 Å². The minimum absolute atomic E-state index is 0.120. The number of halogens is 2. The molecule has 7 nitrogen and oxygen atoms in total. The van der Waals surface area contributed by atoms with Crippen LogP contribution in [0.5, 0.6) is 0 Å². The van der Waals surface area contributed by atoms with E-state index in [0.29, 0.717) is 16.8 Å². The fourth-order valence-electron chi connectivity index (χ4n) is 3.12. The molecule has 4 rings (SSSR count). The van der Waals surface area contributed by atoms with Crippen LogP contribution in [-0.2, 0) is 9.53 Å². The maximum atomic E-state index is 13.7. The number of rotatable bonds is 5. The van der Waals surface area contributed by atoms with Crippen LogP contribution in [0, 0.1) is 25.5 Å². The molecule has 0 saturated heterocycles. The number of hydrogen-bond donors (Lipinski definition) is 1. The number of fused-ring (bicyclic) bond motifs is 1. The first-order valence-electron chi connectivity index (χ1n) is 9.58. The summed E-state index contributed by atoms with van der Waals surface area (Å²) < 4.78 is 37.3. The number of hydrogen-bond acceptors (Lipinski definition) is 6. The lowest BCUT2D eigenvalue weighted by atomic mass is 10.0. The molecule has 2 heterocycles. The summed E-state index contributed by atoms with van der Waals surface area (Å²) in [7, 11) is 0. The van der Waals surface area contributed by atoms with Crippen LogP contribution in [0.2, 0.25) is 0 Å². The van der Waals surface area contributed by atoms with E-state index in [-0.39, 0.29) is 17.0 Å². The third kappa shape index (κ3) is 4.31. The monoisotopic (exact) mass is 437 g/mol. The SMILES string of the molecule is Cc1ccc(-c2cc(C(=O)OCC(=O)Nc3cc(F)ccc3F)c3c(C)noc3n2)cc1. The van der Waals surface area contributed by atoms with Crippen LogP contribution in [-0.4, -0.2) is 28.6 Å². The number of amides is 1. The van der Waals surface area contributed by atoms with E-state index in [2.05, 4.69) is 15.5 Å². The summed E-state index contributed by atoms with van der Waals surface area (Å²) in [5, 5.41) is 6.39. The van der Waals surface area contributed by atoms with Crippen molar-refractivity contribution in [3.8, 4) is 11.3 Å². The topological polar surface area (TPSA) is 94.3 Å². The number of pyridine rings is 1. The van der Waals surface area contributed by atoms with Crippen molar-refractivity contribution >= 4 is 28.7 Å². The van der Waals surface area contributed by atoms with Gasteiger partial charge < -0.3 is 14.6 Å². The molecule has 9 heteroatoms. The number of anilines is 1. The lowest BCUT2D eigenvalue weighted by Gasteiger charge is -2.09. The summed E-state index contributed by atoms with van der Waals surface area (Å²) in [6.45, 7) is 2.89. The van der Waals surface area contributed by atoms with Gasteiger partial charge in [0.1, 0.15) is 11.6 Å². The standard InChI is InChI=1S/C23H17F2N3O4/c1-12-3-5-14(6-4-12)18-10-16(21-13(2)28-32-22(21)27-18)23(30)31-11-20(29)26-19-9-15(24)7-8-17(19)25/h3-10H,11H2,1-2H3,(H,26,29). The molecule has 2 aromatic carbocycles. The van der Waals surface area contributed by atoms with Crippen molar-refractivity contribution in [1.29, 1.82) is 0 Å². The van der Waals surface area contributed by atoms with Gasteiger partial charge in [0.05, 0.1) is 28.0 Å². The van der Waals surface area contributed by atoms with E-state index in [0.717, 1.165) is 29.3 Å². The lowest BCUT2D eigenvalue weighted by Crippen LogP contribution is -2.21. The fourth-order valence-corrected chi connectivity index (χ4v) is 3.12. The number of carbonyl (C=O) groups excluding carboxylic acids is 2. The van der Waals surface area contributed by atoms with Gasteiger partial charge in [0, 0.05) is 11.6 Å². The van der Waals surface area contributed by atoms with Crippen molar-refractivity contribution < 1.29 is 27.6 Å². The van der Waals surface area contributed by atoms with Crippen molar-refractivity contribution in [2.24, 2.45) is 0 Å². The predicted octanol–water partition coefficient (Wildman–Crippen LogP) is 4.58. The number of aromatic nitrogens is 2. The van der Waals surface area contributed by atoms with Crippen LogP contribution >= 0.6 is 0 Å². The van der Waals surface area contributed by atoms with Crippen molar-refractivity contribution in [2.45, 2.75) is 13.8 Å². The highest BCUT2D eigenvalue weighted by atomic mass is 19.1. The maximum absolute atomic E-state index is 13.7. The van der Waals surface area contributed by atoms with Gasteiger partial charge in [0.15, 0.2) is 6.61 Å². The second-order valence-electron chi connectivity index (χ2n) is 7.12. The Morgan fingerprint density at radius 3 is 2.56 bits per heavy atom. The molecule has 0 radical (unpaired) electrons. The summed E-state index contributed by atoms with van der Waals surface area (Å²) in [5.74, 6) is -3.17. The molecule has 32 heavy (non-hydrogen) atoms. The normalized spacial score (nSPS) is 10.9.